The molecule has 3 rings (SSSR count). The van der Waals surface area contributed by atoms with Crippen molar-refractivity contribution in [2.75, 3.05) is 0 Å². The van der Waals surface area contributed by atoms with Crippen LogP contribution in [0.2, 0.25) is 10.0 Å². The molecule has 0 aliphatic rings. The molecule has 0 saturated heterocycles. The number of rotatable bonds is 2. The molecular formula is C19H21Cl2N. The second kappa shape index (κ2) is 7.21. The van der Waals surface area contributed by atoms with Gasteiger partial charge in [-0.15, -0.1) is 0 Å². The number of hydrogen-bond acceptors (Lipinski definition) is 0. The summed E-state index contributed by atoms with van der Waals surface area (Å²) >= 11 is 12.4. The van der Waals surface area contributed by atoms with Crippen molar-refractivity contribution < 1.29 is 0 Å². The molecule has 0 saturated carbocycles. The van der Waals surface area contributed by atoms with E-state index in [0.29, 0.717) is 0 Å². The van der Waals surface area contributed by atoms with E-state index >= 15 is 0 Å². The van der Waals surface area contributed by atoms with Gasteiger partial charge in [-0.3, -0.25) is 0 Å². The second-order valence-electron chi connectivity index (χ2n) is 5.08. The Kier molecular flexibility index (Phi) is 5.55. The molecule has 0 bridgehead atoms. The van der Waals surface area contributed by atoms with Crippen molar-refractivity contribution in [1.82, 2.24) is 4.57 Å². The maximum atomic E-state index is 6.32. The molecule has 1 atom stereocenters. The molecule has 116 valence electrons. The fourth-order valence-corrected chi connectivity index (χ4v) is 3.15. The summed E-state index contributed by atoms with van der Waals surface area (Å²) in [4.78, 5) is 0. The van der Waals surface area contributed by atoms with Gasteiger partial charge in [0.05, 0.1) is 6.04 Å². The minimum Gasteiger partial charge on any atom is -0.340 e. The Morgan fingerprint density at radius 1 is 1.00 bits per heavy atom. The fourth-order valence-electron chi connectivity index (χ4n) is 2.68. The van der Waals surface area contributed by atoms with Crippen LogP contribution in [-0.4, -0.2) is 4.57 Å². The molecule has 0 spiro atoms. The molecule has 2 aromatic carbocycles. The van der Waals surface area contributed by atoms with E-state index in [9.17, 15) is 0 Å². The molecular weight excluding hydrogens is 313 g/mol. The lowest BCUT2D eigenvalue weighted by molar-refractivity contribution is 0.663. The van der Waals surface area contributed by atoms with Crippen LogP contribution < -0.4 is 0 Å². The predicted molar refractivity (Wildman–Crippen MR) is 98.3 cm³/mol. The van der Waals surface area contributed by atoms with Crippen LogP contribution in [0.3, 0.4) is 0 Å². The van der Waals surface area contributed by atoms with E-state index in [2.05, 4.69) is 36.7 Å². The van der Waals surface area contributed by atoms with Crippen molar-refractivity contribution in [3.8, 4) is 0 Å². The van der Waals surface area contributed by atoms with Crippen molar-refractivity contribution in [2.45, 2.75) is 33.7 Å². The molecule has 1 nitrogen and oxygen atoms in total. The lowest BCUT2D eigenvalue weighted by Crippen LogP contribution is -2.05. The number of fused-ring (bicyclic) bond motifs is 1. The Morgan fingerprint density at radius 3 is 2.36 bits per heavy atom. The van der Waals surface area contributed by atoms with E-state index in [4.69, 9.17) is 23.2 Å². The molecule has 0 aliphatic heterocycles. The van der Waals surface area contributed by atoms with E-state index in [1.165, 1.54) is 16.5 Å². The Labute approximate surface area is 142 Å². The zero-order valence-corrected chi connectivity index (χ0v) is 14.9. The van der Waals surface area contributed by atoms with Gasteiger partial charge in [0.15, 0.2) is 0 Å². The number of aromatic nitrogens is 1. The van der Waals surface area contributed by atoms with Gasteiger partial charge < -0.3 is 4.57 Å². The SMILES string of the molecule is CC.Cc1cn(C(C)c2ccccc2Cl)c2ccc(Cl)cc12. The van der Waals surface area contributed by atoms with Gasteiger partial charge in [-0.1, -0.05) is 55.2 Å². The maximum Gasteiger partial charge on any atom is 0.0572 e. The first kappa shape index (κ1) is 16.9. The van der Waals surface area contributed by atoms with Crippen molar-refractivity contribution in [3.05, 3.63) is 69.8 Å². The molecule has 3 heteroatoms. The maximum absolute atomic E-state index is 6.32. The minimum atomic E-state index is 0.182. The van der Waals surface area contributed by atoms with Crippen LogP contribution in [0, 0.1) is 6.92 Å². The lowest BCUT2D eigenvalue weighted by atomic mass is 10.1. The summed E-state index contributed by atoms with van der Waals surface area (Å²) in [6, 6.07) is 14.2. The third-order valence-corrected chi connectivity index (χ3v) is 4.35. The quantitative estimate of drug-likeness (QED) is 0.481. The molecule has 0 radical (unpaired) electrons. The van der Waals surface area contributed by atoms with Crippen molar-refractivity contribution in [3.63, 3.8) is 0 Å². The van der Waals surface area contributed by atoms with Crippen molar-refractivity contribution >= 4 is 34.1 Å². The number of aryl methyl sites for hydroxylation is 1. The highest BCUT2D eigenvalue weighted by Crippen LogP contribution is 2.32. The zero-order valence-electron chi connectivity index (χ0n) is 13.4. The Balaban J connectivity index is 0.000000847. The monoisotopic (exact) mass is 333 g/mol. The van der Waals surface area contributed by atoms with Gasteiger partial charge in [-0.25, -0.2) is 0 Å². The normalized spacial score (nSPS) is 11.9. The summed E-state index contributed by atoms with van der Waals surface area (Å²) < 4.78 is 2.25. The smallest absolute Gasteiger partial charge is 0.0572 e. The van der Waals surface area contributed by atoms with Gasteiger partial charge in [-0.05, 0) is 49.2 Å². The molecule has 0 amide bonds. The minimum absolute atomic E-state index is 0.182. The van der Waals surface area contributed by atoms with Gasteiger partial charge in [0.1, 0.15) is 0 Å². The third-order valence-electron chi connectivity index (χ3n) is 3.77. The van der Waals surface area contributed by atoms with Gasteiger partial charge in [0.2, 0.25) is 0 Å². The Morgan fingerprint density at radius 2 is 1.68 bits per heavy atom. The van der Waals surface area contributed by atoms with Gasteiger partial charge in [-0.2, -0.15) is 0 Å². The van der Waals surface area contributed by atoms with E-state index in [1.54, 1.807) is 0 Å². The Hall–Kier alpha value is -1.44. The highest BCUT2D eigenvalue weighted by atomic mass is 35.5. The average Bonchev–Trinajstić information content (AvgIpc) is 2.86. The van der Waals surface area contributed by atoms with Crippen molar-refractivity contribution in [2.24, 2.45) is 0 Å². The molecule has 1 unspecified atom stereocenters. The standard InChI is InChI=1S/C17H15Cl2N.C2H6/c1-11-10-20(17-8-7-13(18)9-15(11)17)12(2)14-5-3-4-6-16(14)19;1-2/h3-10,12H,1-2H3;1-2H3. The molecule has 0 fully saturated rings. The fraction of sp³-hybridized carbons (Fsp3) is 0.263. The first-order valence-corrected chi connectivity index (χ1v) is 8.34. The summed E-state index contributed by atoms with van der Waals surface area (Å²) in [6.45, 7) is 8.27. The molecule has 0 N–H and O–H groups in total. The summed E-state index contributed by atoms with van der Waals surface area (Å²) in [5, 5.41) is 2.76. The Bertz CT molecular complexity index is 774. The summed E-state index contributed by atoms with van der Waals surface area (Å²) in [5.74, 6) is 0. The van der Waals surface area contributed by atoms with E-state index in [1.807, 2.05) is 44.2 Å². The number of nitrogens with zero attached hydrogens (tertiary/aromatic N) is 1. The largest absolute Gasteiger partial charge is 0.340 e. The summed E-state index contributed by atoms with van der Waals surface area (Å²) in [5.41, 5.74) is 3.53. The van der Waals surface area contributed by atoms with E-state index in [0.717, 1.165) is 15.6 Å². The van der Waals surface area contributed by atoms with E-state index in [-0.39, 0.29) is 6.04 Å². The molecule has 1 heterocycles. The number of hydrogen-bond donors (Lipinski definition) is 0. The van der Waals surface area contributed by atoms with Crippen LogP contribution >= 0.6 is 23.2 Å². The summed E-state index contributed by atoms with van der Waals surface area (Å²) in [7, 11) is 0. The molecule has 3 aromatic rings. The van der Waals surface area contributed by atoms with Crippen LogP contribution in [0.4, 0.5) is 0 Å². The predicted octanol–water partition coefficient (Wildman–Crippen LogP) is 6.89. The van der Waals surface area contributed by atoms with E-state index < -0.39 is 0 Å². The first-order valence-electron chi connectivity index (χ1n) is 7.59. The zero-order chi connectivity index (χ0) is 16.3. The average molecular weight is 334 g/mol. The third kappa shape index (κ3) is 3.16. The van der Waals surface area contributed by atoms with Crippen LogP contribution in [-0.2, 0) is 0 Å². The van der Waals surface area contributed by atoms with Crippen molar-refractivity contribution in [1.29, 1.82) is 0 Å². The van der Waals surface area contributed by atoms with Crippen LogP contribution in [0.15, 0.2) is 48.7 Å². The lowest BCUT2D eigenvalue weighted by Gasteiger charge is -2.17. The number of benzene rings is 2. The first-order chi connectivity index (χ1) is 10.6. The van der Waals surface area contributed by atoms with Crippen LogP contribution in [0.5, 0.6) is 0 Å². The van der Waals surface area contributed by atoms with Gasteiger partial charge in [0.25, 0.3) is 0 Å². The van der Waals surface area contributed by atoms with Gasteiger partial charge in [0, 0.05) is 27.1 Å². The highest BCUT2D eigenvalue weighted by Gasteiger charge is 2.15. The topological polar surface area (TPSA) is 4.93 Å². The molecule has 1 aromatic heterocycles. The summed E-state index contributed by atoms with van der Waals surface area (Å²) in [6.07, 6.45) is 2.16. The van der Waals surface area contributed by atoms with Crippen LogP contribution in [0.25, 0.3) is 10.9 Å². The van der Waals surface area contributed by atoms with Crippen LogP contribution in [0.1, 0.15) is 37.9 Å². The number of halogens is 2. The highest BCUT2D eigenvalue weighted by molar-refractivity contribution is 6.31. The van der Waals surface area contributed by atoms with Gasteiger partial charge >= 0.3 is 0 Å². The molecule has 22 heavy (non-hydrogen) atoms. The second-order valence-corrected chi connectivity index (χ2v) is 5.92. The molecule has 0 aliphatic carbocycles.